The smallest absolute Gasteiger partial charge is 0.311 e. The zero-order chi connectivity index (χ0) is 12.3. The van der Waals surface area contributed by atoms with Crippen molar-refractivity contribution < 1.29 is 13.6 Å². The molecule has 4 heteroatoms. The van der Waals surface area contributed by atoms with Crippen LogP contribution in [0.2, 0.25) is 0 Å². The molecule has 3 nitrogen and oxygen atoms in total. The summed E-state index contributed by atoms with van der Waals surface area (Å²) in [5.74, 6) is 0. The maximum Gasteiger partial charge on any atom is 0.343 e. The van der Waals surface area contributed by atoms with Crippen LogP contribution in [0.3, 0.4) is 0 Å². The number of hydrogen-bond donors (Lipinski definition) is 0. The lowest BCUT2D eigenvalue weighted by Gasteiger charge is -2.12. The summed E-state index contributed by atoms with van der Waals surface area (Å²) in [5, 5.41) is 2.19. The third-order valence-corrected chi connectivity index (χ3v) is 3.99. The van der Waals surface area contributed by atoms with Crippen molar-refractivity contribution in [2.45, 2.75) is 0 Å². The molecule has 0 fully saturated rings. The Balaban J connectivity index is 2.34. The zero-order valence-electron chi connectivity index (χ0n) is 9.71. The van der Waals surface area contributed by atoms with E-state index in [1.165, 1.54) is 14.2 Å². The Bertz CT molecular complexity index is 557. The van der Waals surface area contributed by atoms with E-state index >= 15 is 0 Å². The Kier molecular flexibility index (Phi) is 3.63. The van der Waals surface area contributed by atoms with Gasteiger partial charge < -0.3 is 9.05 Å². The van der Waals surface area contributed by atoms with E-state index in [9.17, 15) is 4.57 Å². The lowest BCUT2D eigenvalue weighted by molar-refractivity contribution is 0.283. The van der Waals surface area contributed by atoms with Crippen LogP contribution in [0.1, 0.15) is 5.56 Å². The van der Waals surface area contributed by atoms with Gasteiger partial charge in [0.1, 0.15) is 6.16 Å². The standard InChI is InChI=1S/C13H13O3P/c1-15-17(14,16-2)10-11-7-8-12-5-3-4-6-13(12)9-11/h3-9H,1-2H3. The summed E-state index contributed by atoms with van der Waals surface area (Å²) in [7, 11) is -0.540. The van der Waals surface area contributed by atoms with E-state index in [0.717, 1.165) is 10.8 Å². The summed E-state index contributed by atoms with van der Waals surface area (Å²) in [6.07, 6.45) is 2.76. The predicted octanol–water partition coefficient (Wildman–Crippen LogP) is 3.71. The van der Waals surface area contributed by atoms with Crippen molar-refractivity contribution >= 4 is 18.4 Å². The Labute approximate surface area is 101 Å². The molecule has 0 heterocycles. The Morgan fingerprint density at radius 2 is 1.65 bits per heavy atom. The number of rotatable bonds is 4. The Morgan fingerprint density at radius 1 is 1.00 bits per heavy atom. The number of hydrogen-bond acceptors (Lipinski definition) is 3. The average molecular weight is 248 g/mol. The van der Waals surface area contributed by atoms with Crippen molar-refractivity contribution in [3.05, 3.63) is 54.2 Å². The van der Waals surface area contributed by atoms with E-state index in [1.807, 2.05) is 42.5 Å². The van der Waals surface area contributed by atoms with Crippen LogP contribution in [0, 0.1) is 6.16 Å². The summed E-state index contributed by atoms with van der Waals surface area (Å²) in [6.45, 7) is 0. The van der Waals surface area contributed by atoms with Gasteiger partial charge >= 0.3 is 7.60 Å². The molecule has 0 aliphatic carbocycles. The van der Waals surface area contributed by atoms with Crippen LogP contribution in [0.5, 0.6) is 0 Å². The van der Waals surface area contributed by atoms with Gasteiger partial charge in [0.2, 0.25) is 0 Å². The molecule has 2 rings (SSSR count). The van der Waals surface area contributed by atoms with E-state index in [-0.39, 0.29) is 0 Å². The summed E-state index contributed by atoms with van der Waals surface area (Å²) >= 11 is 0. The molecule has 0 aliphatic heterocycles. The van der Waals surface area contributed by atoms with Gasteiger partial charge in [0, 0.05) is 14.2 Å². The molecular weight excluding hydrogens is 235 g/mol. The van der Waals surface area contributed by atoms with Crippen molar-refractivity contribution in [1.29, 1.82) is 0 Å². The first-order valence-electron chi connectivity index (χ1n) is 5.15. The van der Waals surface area contributed by atoms with Gasteiger partial charge in [0.05, 0.1) is 0 Å². The largest absolute Gasteiger partial charge is 0.343 e. The fourth-order valence-corrected chi connectivity index (χ4v) is 2.37. The molecule has 2 aromatic rings. The summed E-state index contributed by atoms with van der Waals surface area (Å²) in [6, 6.07) is 13.6. The molecule has 17 heavy (non-hydrogen) atoms. The lowest BCUT2D eigenvalue weighted by Crippen LogP contribution is -1.91. The van der Waals surface area contributed by atoms with Gasteiger partial charge in [0.25, 0.3) is 0 Å². The van der Waals surface area contributed by atoms with Crippen molar-refractivity contribution in [3.8, 4) is 0 Å². The van der Waals surface area contributed by atoms with Crippen LogP contribution in [0.25, 0.3) is 10.8 Å². The van der Waals surface area contributed by atoms with Crippen molar-refractivity contribution in [3.63, 3.8) is 0 Å². The lowest BCUT2D eigenvalue weighted by atomic mass is 10.1. The maximum atomic E-state index is 11.9. The van der Waals surface area contributed by atoms with Gasteiger partial charge in [-0.1, -0.05) is 36.4 Å². The molecule has 0 atom stereocenters. The topological polar surface area (TPSA) is 35.5 Å². The van der Waals surface area contributed by atoms with Crippen LogP contribution in [-0.4, -0.2) is 14.2 Å². The highest BCUT2D eigenvalue weighted by Crippen LogP contribution is 2.51. The van der Waals surface area contributed by atoms with Crippen molar-refractivity contribution in [1.82, 2.24) is 0 Å². The molecule has 88 valence electrons. The maximum absolute atomic E-state index is 11.9. The first kappa shape index (κ1) is 12.3. The quantitative estimate of drug-likeness (QED) is 0.773. The molecule has 0 amide bonds. The van der Waals surface area contributed by atoms with Crippen LogP contribution < -0.4 is 0 Å². The summed E-state index contributed by atoms with van der Waals surface area (Å²) in [4.78, 5) is 0. The van der Waals surface area contributed by atoms with Gasteiger partial charge in [-0.15, -0.1) is 0 Å². The normalized spacial score (nSPS) is 11.9. The Hall–Kier alpha value is -1.15. The van der Waals surface area contributed by atoms with Crippen LogP contribution in [-0.2, 0) is 13.6 Å². The molecular formula is C13H13O3P. The second-order valence-electron chi connectivity index (χ2n) is 3.54. The average Bonchev–Trinajstić information content (AvgIpc) is 2.38. The minimum atomic E-state index is -3.23. The van der Waals surface area contributed by atoms with Gasteiger partial charge in [-0.3, -0.25) is 4.57 Å². The third-order valence-electron chi connectivity index (χ3n) is 2.50. The molecule has 0 aromatic heterocycles. The molecule has 0 spiro atoms. The van der Waals surface area contributed by atoms with Crippen molar-refractivity contribution in [2.75, 3.05) is 14.2 Å². The number of benzene rings is 2. The Morgan fingerprint density at radius 3 is 2.29 bits per heavy atom. The molecule has 0 N–H and O–H groups in total. The predicted molar refractivity (Wildman–Crippen MR) is 67.9 cm³/mol. The van der Waals surface area contributed by atoms with Gasteiger partial charge in [-0.2, -0.15) is 0 Å². The van der Waals surface area contributed by atoms with Crippen LogP contribution in [0.15, 0.2) is 42.5 Å². The minimum Gasteiger partial charge on any atom is -0.311 e. The van der Waals surface area contributed by atoms with Crippen LogP contribution >= 0.6 is 7.60 Å². The fourth-order valence-electron chi connectivity index (χ4n) is 1.58. The molecule has 0 unspecified atom stereocenters. The van der Waals surface area contributed by atoms with Crippen LogP contribution in [0.4, 0.5) is 0 Å². The monoisotopic (exact) mass is 248 g/mol. The number of fused-ring (bicyclic) bond motifs is 1. The molecule has 0 saturated carbocycles. The van der Waals surface area contributed by atoms with Gasteiger partial charge in [-0.25, -0.2) is 0 Å². The zero-order valence-corrected chi connectivity index (χ0v) is 10.6. The first-order valence-corrected chi connectivity index (χ1v) is 6.70. The van der Waals surface area contributed by atoms with Crippen molar-refractivity contribution in [2.24, 2.45) is 0 Å². The molecule has 2 radical (unpaired) electrons. The summed E-state index contributed by atoms with van der Waals surface area (Å²) in [5.41, 5.74) is 0.704. The molecule has 0 bridgehead atoms. The highest BCUT2D eigenvalue weighted by molar-refractivity contribution is 7.56. The SMILES string of the molecule is COP(=O)([C]c1ccc2ccccc2c1)OC. The fraction of sp³-hybridized carbons (Fsp3) is 0.154. The second kappa shape index (κ2) is 5.01. The molecule has 2 aromatic carbocycles. The molecule has 0 aliphatic rings. The van der Waals surface area contributed by atoms with E-state index in [2.05, 4.69) is 6.16 Å². The summed E-state index contributed by atoms with van der Waals surface area (Å²) < 4.78 is 21.6. The minimum absolute atomic E-state index is 0.704. The second-order valence-corrected chi connectivity index (χ2v) is 5.49. The van der Waals surface area contributed by atoms with E-state index in [4.69, 9.17) is 9.05 Å². The van der Waals surface area contributed by atoms with E-state index in [1.54, 1.807) is 0 Å². The van der Waals surface area contributed by atoms with Gasteiger partial charge in [0.15, 0.2) is 0 Å². The van der Waals surface area contributed by atoms with Gasteiger partial charge in [-0.05, 0) is 22.4 Å². The van der Waals surface area contributed by atoms with E-state index < -0.39 is 7.60 Å². The third kappa shape index (κ3) is 2.75. The van der Waals surface area contributed by atoms with E-state index in [0.29, 0.717) is 5.56 Å². The highest BCUT2D eigenvalue weighted by Gasteiger charge is 2.23. The molecule has 0 saturated heterocycles. The highest BCUT2D eigenvalue weighted by atomic mass is 31.2. The first-order chi connectivity index (χ1) is 8.17.